The maximum absolute atomic E-state index is 13.7. The van der Waals surface area contributed by atoms with Gasteiger partial charge in [0.2, 0.25) is 5.91 Å². The van der Waals surface area contributed by atoms with E-state index < -0.39 is 17.7 Å². The number of carbonyl (C=O) groups is 2. The number of nitrogens with zero attached hydrogens (tertiary/aromatic N) is 9. The van der Waals surface area contributed by atoms with Gasteiger partial charge >= 0.3 is 6.09 Å². The van der Waals surface area contributed by atoms with Gasteiger partial charge in [0.25, 0.3) is 0 Å². The average Bonchev–Trinajstić information content (AvgIpc) is 3.69. The minimum absolute atomic E-state index is 0.237. The average molecular weight is 653 g/mol. The van der Waals surface area contributed by atoms with Crippen molar-refractivity contribution in [1.82, 2.24) is 39.6 Å². The molecule has 1 saturated heterocycles. The van der Waals surface area contributed by atoms with E-state index >= 15 is 0 Å². The summed E-state index contributed by atoms with van der Waals surface area (Å²) in [7, 11) is 1.84. The number of aromatic nitrogens is 6. The molecule has 1 aliphatic rings. The highest BCUT2D eigenvalue weighted by Gasteiger charge is 2.32. The summed E-state index contributed by atoms with van der Waals surface area (Å²) in [6.07, 6.45) is 7.95. The van der Waals surface area contributed by atoms with Gasteiger partial charge in [-0.25, -0.2) is 19.3 Å². The fourth-order valence-electron chi connectivity index (χ4n) is 5.41. The van der Waals surface area contributed by atoms with Gasteiger partial charge in [-0.15, -0.1) is 0 Å². The van der Waals surface area contributed by atoms with Crippen LogP contribution in [0, 0.1) is 11.3 Å². The van der Waals surface area contributed by atoms with Crippen molar-refractivity contribution in [3.05, 3.63) is 83.5 Å². The van der Waals surface area contributed by atoms with Crippen molar-refractivity contribution in [1.29, 1.82) is 5.26 Å². The molecule has 6 rings (SSSR count). The molecule has 5 heterocycles. The van der Waals surface area contributed by atoms with E-state index in [2.05, 4.69) is 26.5 Å². The summed E-state index contributed by atoms with van der Waals surface area (Å²) in [5.41, 5.74) is 3.70. The van der Waals surface area contributed by atoms with Gasteiger partial charge in [0.15, 0.2) is 0 Å². The van der Waals surface area contributed by atoms with Gasteiger partial charge in [0.1, 0.15) is 34.6 Å². The molecule has 0 spiro atoms. The Bertz CT molecular complexity index is 1970. The Balaban J connectivity index is 1.19. The number of fused-ring (bicyclic) bond motifs is 1. The molecule has 13 nitrogen and oxygen atoms in total. The molecule has 47 heavy (non-hydrogen) atoms. The van der Waals surface area contributed by atoms with E-state index in [1.54, 1.807) is 77.7 Å². The number of carbonyl (C=O) groups excluding carboxylic acids is 2. The van der Waals surface area contributed by atoms with Gasteiger partial charge in [-0.3, -0.25) is 9.48 Å². The Labute approximate surface area is 276 Å². The lowest BCUT2D eigenvalue weighted by molar-refractivity contribution is -0.134. The standard InChI is InChI=1S/C33H33ClN10O3/c1-33(2,3)47-32(46)40-29(21-5-8-25(34)9-6-21)31(45)43-13-11-42(12-14-43)27-10-7-22(16-36-27)28-30-23(15-35)17-38-44(30)20-26(39-28)24-18-37-41(4)19-24/h5-10,16-20,29H,11-14H2,1-4H3,(H,40,46). The second kappa shape index (κ2) is 12.7. The number of anilines is 1. The lowest BCUT2D eigenvalue weighted by Crippen LogP contribution is -2.52. The molecule has 14 heteroatoms. The zero-order valence-corrected chi connectivity index (χ0v) is 27.1. The first-order valence-corrected chi connectivity index (χ1v) is 15.4. The third-order valence-electron chi connectivity index (χ3n) is 7.67. The predicted molar refractivity (Wildman–Crippen MR) is 175 cm³/mol. The van der Waals surface area contributed by atoms with E-state index in [1.807, 2.05) is 25.4 Å². The Hall–Kier alpha value is -5.48. The molecule has 5 aromatic rings. The van der Waals surface area contributed by atoms with Crippen molar-refractivity contribution in [2.45, 2.75) is 32.4 Å². The molecule has 1 N–H and O–H groups in total. The van der Waals surface area contributed by atoms with Crippen molar-refractivity contribution in [2.24, 2.45) is 7.05 Å². The van der Waals surface area contributed by atoms with Crippen molar-refractivity contribution < 1.29 is 14.3 Å². The molecule has 1 aliphatic heterocycles. The van der Waals surface area contributed by atoms with Crippen molar-refractivity contribution >= 4 is 34.9 Å². The summed E-state index contributed by atoms with van der Waals surface area (Å²) >= 11 is 6.08. The quantitative estimate of drug-likeness (QED) is 0.277. The number of amides is 2. The number of nitrogens with one attached hydrogen (secondary N) is 1. The summed E-state index contributed by atoms with van der Waals surface area (Å²) in [5, 5.41) is 21.6. The second-order valence-electron chi connectivity index (χ2n) is 12.2. The van der Waals surface area contributed by atoms with Crippen molar-refractivity contribution in [2.75, 3.05) is 31.1 Å². The van der Waals surface area contributed by atoms with Crippen LogP contribution in [0.4, 0.5) is 10.6 Å². The SMILES string of the molecule is Cn1cc(-c2cn3ncc(C#N)c3c(-c3ccc(N4CCN(C(=O)C(NC(=O)OC(C)(C)C)c5ccc(Cl)cc5)CC4)nc3)n2)cn1. The largest absolute Gasteiger partial charge is 0.444 e. The van der Waals surface area contributed by atoms with E-state index in [-0.39, 0.29) is 5.91 Å². The van der Waals surface area contributed by atoms with Gasteiger partial charge in [-0.2, -0.15) is 15.5 Å². The monoisotopic (exact) mass is 652 g/mol. The van der Waals surface area contributed by atoms with E-state index in [4.69, 9.17) is 26.3 Å². The Morgan fingerprint density at radius 3 is 2.34 bits per heavy atom. The van der Waals surface area contributed by atoms with Crippen LogP contribution in [0.3, 0.4) is 0 Å². The number of pyridine rings is 1. The molecular weight excluding hydrogens is 620 g/mol. The van der Waals surface area contributed by atoms with E-state index in [0.29, 0.717) is 59.2 Å². The molecule has 1 fully saturated rings. The molecule has 4 aromatic heterocycles. The number of rotatable bonds is 6. The highest BCUT2D eigenvalue weighted by Crippen LogP contribution is 2.30. The Morgan fingerprint density at radius 1 is 0.979 bits per heavy atom. The van der Waals surface area contributed by atoms with Gasteiger partial charge < -0.3 is 19.9 Å². The van der Waals surface area contributed by atoms with Crippen molar-refractivity contribution in [3.63, 3.8) is 0 Å². The number of halogens is 1. The third-order valence-corrected chi connectivity index (χ3v) is 7.92. The number of aryl methyl sites for hydroxylation is 1. The maximum Gasteiger partial charge on any atom is 0.408 e. The molecule has 1 aromatic carbocycles. The number of ether oxygens (including phenoxy) is 1. The molecule has 1 atom stereocenters. The number of hydrogen-bond donors (Lipinski definition) is 1. The number of piperazine rings is 1. The molecule has 0 radical (unpaired) electrons. The van der Waals surface area contributed by atoms with E-state index in [1.165, 1.54) is 6.20 Å². The number of benzene rings is 1. The van der Waals surface area contributed by atoms with Crippen LogP contribution in [0.5, 0.6) is 0 Å². The summed E-state index contributed by atoms with van der Waals surface area (Å²) in [5.74, 6) is 0.509. The summed E-state index contributed by atoms with van der Waals surface area (Å²) in [4.78, 5) is 39.9. The Kier molecular flexibility index (Phi) is 8.53. The predicted octanol–water partition coefficient (Wildman–Crippen LogP) is 4.63. The second-order valence-corrected chi connectivity index (χ2v) is 12.6. The molecule has 0 saturated carbocycles. The summed E-state index contributed by atoms with van der Waals surface area (Å²) in [6.45, 7) is 7.24. The van der Waals surface area contributed by atoms with Crippen LogP contribution in [0.25, 0.3) is 28.0 Å². The van der Waals surface area contributed by atoms with Gasteiger partial charge in [0.05, 0.1) is 30.0 Å². The minimum Gasteiger partial charge on any atom is -0.444 e. The fourth-order valence-corrected chi connectivity index (χ4v) is 5.54. The van der Waals surface area contributed by atoms with Gasteiger partial charge in [-0.1, -0.05) is 23.7 Å². The van der Waals surface area contributed by atoms with Crippen LogP contribution in [-0.4, -0.2) is 78.0 Å². The molecule has 0 bridgehead atoms. The highest BCUT2D eigenvalue weighted by molar-refractivity contribution is 6.30. The normalized spacial score (nSPS) is 14.1. The Morgan fingerprint density at radius 2 is 1.72 bits per heavy atom. The lowest BCUT2D eigenvalue weighted by Gasteiger charge is -2.37. The van der Waals surface area contributed by atoms with Gasteiger partial charge in [0, 0.05) is 61.8 Å². The first kappa shape index (κ1) is 31.5. The summed E-state index contributed by atoms with van der Waals surface area (Å²) in [6, 6.07) is 11.9. The zero-order chi connectivity index (χ0) is 33.3. The minimum atomic E-state index is -0.931. The maximum atomic E-state index is 13.7. The molecular formula is C33H33ClN10O3. The molecule has 240 valence electrons. The van der Waals surface area contributed by atoms with Gasteiger partial charge in [-0.05, 0) is 50.6 Å². The third kappa shape index (κ3) is 6.87. The topological polar surface area (TPSA) is 147 Å². The fraction of sp³-hybridized carbons (Fsp3) is 0.303. The number of nitriles is 1. The molecule has 1 unspecified atom stereocenters. The van der Waals surface area contributed by atoms with E-state index in [0.717, 1.165) is 16.9 Å². The molecule has 2 amide bonds. The van der Waals surface area contributed by atoms with E-state index in [9.17, 15) is 14.9 Å². The number of alkyl carbamates (subject to hydrolysis) is 1. The molecule has 0 aliphatic carbocycles. The van der Waals surface area contributed by atoms with Crippen LogP contribution in [0.1, 0.15) is 37.9 Å². The number of hydrogen-bond acceptors (Lipinski definition) is 9. The van der Waals surface area contributed by atoms with Crippen LogP contribution in [0.2, 0.25) is 5.02 Å². The zero-order valence-electron chi connectivity index (χ0n) is 26.4. The first-order chi connectivity index (χ1) is 22.5. The highest BCUT2D eigenvalue weighted by atomic mass is 35.5. The van der Waals surface area contributed by atoms with Crippen LogP contribution in [-0.2, 0) is 16.6 Å². The van der Waals surface area contributed by atoms with Crippen molar-refractivity contribution in [3.8, 4) is 28.6 Å². The lowest BCUT2D eigenvalue weighted by atomic mass is 10.1. The van der Waals surface area contributed by atoms with Crippen LogP contribution >= 0.6 is 11.6 Å². The van der Waals surface area contributed by atoms with Crippen LogP contribution in [0.15, 0.2) is 67.4 Å². The summed E-state index contributed by atoms with van der Waals surface area (Å²) < 4.78 is 8.79. The van der Waals surface area contributed by atoms with Crippen LogP contribution < -0.4 is 10.2 Å². The first-order valence-electron chi connectivity index (χ1n) is 15.0. The smallest absolute Gasteiger partial charge is 0.408 e.